The van der Waals surface area contributed by atoms with Crippen LogP contribution < -0.4 is 4.90 Å². The molecule has 0 fully saturated rings. The van der Waals surface area contributed by atoms with E-state index in [2.05, 4.69) is 0 Å². The number of hydrogen-bond donors (Lipinski definition) is 1. The molecule has 0 aliphatic rings. The standard InChI is InChI=1S/C12H15Cl2NO2.ClH/c1-9-2-3-10(12(16)17)8-11(9)15(6-4-13)7-5-14;/h2-3,8H,4-7H2,1H3,(H,16,17);1H. The minimum Gasteiger partial charge on any atom is -0.478 e. The highest BCUT2D eigenvalue weighted by Crippen LogP contribution is 2.22. The molecule has 18 heavy (non-hydrogen) atoms. The molecule has 102 valence electrons. The van der Waals surface area contributed by atoms with Gasteiger partial charge in [-0.15, -0.1) is 35.6 Å². The third-order valence-corrected chi connectivity index (χ3v) is 2.84. The van der Waals surface area contributed by atoms with Crippen molar-refractivity contribution in [3.63, 3.8) is 0 Å². The van der Waals surface area contributed by atoms with Gasteiger partial charge in [0.15, 0.2) is 0 Å². The van der Waals surface area contributed by atoms with Crippen LogP contribution in [-0.4, -0.2) is 35.9 Å². The molecule has 0 aliphatic heterocycles. The smallest absolute Gasteiger partial charge is 0.335 e. The van der Waals surface area contributed by atoms with E-state index in [0.29, 0.717) is 24.8 Å². The van der Waals surface area contributed by atoms with E-state index in [1.54, 1.807) is 18.2 Å². The van der Waals surface area contributed by atoms with Gasteiger partial charge in [-0.05, 0) is 24.6 Å². The fourth-order valence-corrected chi connectivity index (χ4v) is 2.05. The van der Waals surface area contributed by atoms with E-state index in [4.69, 9.17) is 28.3 Å². The molecule has 0 atom stereocenters. The molecule has 0 amide bonds. The topological polar surface area (TPSA) is 40.5 Å². The molecule has 0 saturated heterocycles. The average Bonchev–Trinajstić information content (AvgIpc) is 2.29. The first kappa shape index (κ1) is 17.4. The van der Waals surface area contributed by atoms with E-state index in [-0.39, 0.29) is 18.0 Å². The van der Waals surface area contributed by atoms with Gasteiger partial charge >= 0.3 is 5.97 Å². The summed E-state index contributed by atoms with van der Waals surface area (Å²) in [6.45, 7) is 3.24. The zero-order chi connectivity index (χ0) is 12.8. The second-order valence-electron chi connectivity index (χ2n) is 3.67. The Labute approximate surface area is 123 Å². The SMILES string of the molecule is Cc1ccc(C(=O)O)cc1N(CCCl)CCCl.Cl. The van der Waals surface area contributed by atoms with Gasteiger partial charge in [-0.25, -0.2) is 4.79 Å². The minimum atomic E-state index is -0.928. The zero-order valence-electron chi connectivity index (χ0n) is 10.0. The van der Waals surface area contributed by atoms with Gasteiger partial charge < -0.3 is 10.0 Å². The lowest BCUT2D eigenvalue weighted by Crippen LogP contribution is -2.28. The van der Waals surface area contributed by atoms with E-state index in [1.165, 1.54) is 0 Å². The molecule has 0 radical (unpaired) electrons. The van der Waals surface area contributed by atoms with Crippen molar-refractivity contribution in [3.8, 4) is 0 Å². The highest BCUT2D eigenvalue weighted by atomic mass is 35.5. The predicted octanol–water partition coefficient (Wildman–Crippen LogP) is 3.40. The number of benzene rings is 1. The molecule has 1 rings (SSSR count). The van der Waals surface area contributed by atoms with Crippen molar-refractivity contribution in [1.82, 2.24) is 0 Å². The van der Waals surface area contributed by atoms with Crippen molar-refractivity contribution in [1.29, 1.82) is 0 Å². The maximum atomic E-state index is 10.9. The Hall–Kier alpha value is -0.640. The van der Waals surface area contributed by atoms with E-state index >= 15 is 0 Å². The predicted molar refractivity (Wildman–Crippen MR) is 79.0 cm³/mol. The first-order valence-corrected chi connectivity index (χ1v) is 6.38. The van der Waals surface area contributed by atoms with Crippen LogP contribution in [0.1, 0.15) is 15.9 Å². The Morgan fingerprint density at radius 3 is 2.28 bits per heavy atom. The fourth-order valence-electron chi connectivity index (χ4n) is 1.64. The number of anilines is 1. The molecule has 3 nitrogen and oxygen atoms in total. The van der Waals surface area contributed by atoms with E-state index in [1.807, 2.05) is 11.8 Å². The second-order valence-corrected chi connectivity index (χ2v) is 4.43. The maximum absolute atomic E-state index is 10.9. The zero-order valence-corrected chi connectivity index (χ0v) is 12.4. The van der Waals surface area contributed by atoms with Gasteiger partial charge in [-0.3, -0.25) is 0 Å². The monoisotopic (exact) mass is 311 g/mol. The summed E-state index contributed by atoms with van der Waals surface area (Å²) in [4.78, 5) is 12.9. The minimum absolute atomic E-state index is 0. The van der Waals surface area contributed by atoms with E-state index in [9.17, 15) is 4.79 Å². The van der Waals surface area contributed by atoms with Crippen molar-refractivity contribution in [2.24, 2.45) is 0 Å². The van der Waals surface area contributed by atoms with Crippen molar-refractivity contribution in [2.45, 2.75) is 6.92 Å². The molecule has 0 bridgehead atoms. The van der Waals surface area contributed by atoms with Crippen LogP contribution in [0.5, 0.6) is 0 Å². The van der Waals surface area contributed by atoms with E-state index in [0.717, 1.165) is 11.3 Å². The van der Waals surface area contributed by atoms with Crippen LogP contribution in [0.15, 0.2) is 18.2 Å². The summed E-state index contributed by atoms with van der Waals surface area (Å²) in [6, 6.07) is 5.06. The molecule has 1 aromatic carbocycles. The molecule has 0 spiro atoms. The van der Waals surface area contributed by atoms with Gasteiger partial charge in [0.05, 0.1) is 5.56 Å². The van der Waals surface area contributed by atoms with Crippen molar-refractivity contribution in [3.05, 3.63) is 29.3 Å². The first-order chi connectivity index (χ1) is 8.10. The summed E-state index contributed by atoms with van der Waals surface area (Å²) >= 11 is 11.5. The van der Waals surface area contributed by atoms with Crippen LogP contribution in [0, 0.1) is 6.92 Å². The molecule has 1 aromatic rings. The van der Waals surface area contributed by atoms with Gasteiger partial charge in [0, 0.05) is 30.5 Å². The Balaban J connectivity index is 0.00000289. The summed E-state index contributed by atoms with van der Waals surface area (Å²) in [5, 5.41) is 8.97. The number of aryl methyl sites for hydroxylation is 1. The number of carboxylic acid groups (broad SMARTS) is 1. The second kappa shape index (κ2) is 8.46. The molecule has 1 N–H and O–H groups in total. The maximum Gasteiger partial charge on any atom is 0.335 e. The number of halogens is 3. The highest BCUT2D eigenvalue weighted by molar-refractivity contribution is 6.18. The van der Waals surface area contributed by atoms with Gasteiger partial charge in [-0.2, -0.15) is 0 Å². The number of carbonyl (C=O) groups is 1. The third-order valence-electron chi connectivity index (χ3n) is 2.51. The molecule has 0 unspecified atom stereocenters. The number of hydrogen-bond acceptors (Lipinski definition) is 2. The lowest BCUT2D eigenvalue weighted by molar-refractivity contribution is 0.0697. The summed E-state index contributed by atoms with van der Waals surface area (Å²) in [5.74, 6) is 0.0318. The third kappa shape index (κ3) is 4.56. The lowest BCUT2D eigenvalue weighted by atomic mass is 10.1. The molecule has 6 heteroatoms. The van der Waals surface area contributed by atoms with Crippen molar-refractivity contribution >= 4 is 47.3 Å². The van der Waals surface area contributed by atoms with Crippen LogP contribution in [0.4, 0.5) is 5.69 Å². The molecular weight excluding hydrogens is 296 g/mol. The summed E-state index contributed by atoms with van der Waals surface area (Å²) < 4.78 is 0. The highest BCUT2D eigenvalue weighted by Gasteiger charge is 2.11. The number of aromatic carboxylic acids is 1. The lowest BCUT2D eigenvalue weighted by Gasteiger charge is -2.25. The van der Waals surface area contributed by atoms with Crippen LogP contribution in [0.3, 0.4) is 0 Å². The van der Waals surface area contributed by atoms with Crippen molar-refractivity contribution < 1.29 is 9.90 Å². The normalized spacial score (nSPS) is 9.72. The van der Waals surface area contributed by atoms with Crippen LogP contribution in [0.25, 0.3) is 0 Å². The average molecular weight is 313 g/mol. The van der Waals surface area contributed by atoms with Gasteiger partial charge in [0.1, 0.15) is 0 Å². The number of nitrogens with zero attached hydrogens (tertiary/aromatic N) is 1. The molecule has 0 heterocycles. The molecule has 0 saturated carbocycles. The number of alkyl halides is 2. The Kier molecular flexibility index (Phi) is 8.16. The van der Waals surface area contributed by atoms with Crippen LogP contribution >= 0.6 is 35.6 Å². The Morgan fingerprint density at radius 2 is 1.83 bits per heavy atom. The summed E-state index contributed by atoms with van der Waals surface area (Å²) in [6.07, 6.45) is 0. The molecule has 0 aromatic heterocycles. The molecule has 0 aliphatic carbocycles. The van der Waals surface area contributed by atoms with Gasteiger partial charge in [0.25, 0.3) is 0 Å². The van der Waals surface area contributed by atoms with Crippen LogP contribution in [-0.2, 0) is 0 Å². The van der Waals surface area contributed by atoms with Crippen molar-refractivity contribution in [2.75, 3.05) is 29.7 Å². The summed E-state index contributed by atoms with van der Waals surface area (Å²) in [7, 11) is 0. The van der Waals surface area contributed by atoms with Gasteiger partial charge in [0.2, 0.25) is 0 Å². The van der Waals surface area contributed by atoms with Gasteiger partial charge in [-0.1, -0.05) is 6.07 Å². The quantitative estimate of drug-likeness (QED) is 0.819. The molecular formula is C12H16Cl3NO2. The van der Waals surface area contributed by atoms with E-state index < -0.39 is 5.97 Å². The number of rotatable bonds is 6. The Bertz CT molecular complexity index is 393. The Morgan fingerprint density at radius 1 is 1.28 bits per heavy atom. The number of carboxylic acids is 1. The van der Waals surface area contributed by atoms with Crippen LogP contribution in [0.2, 0.25) is 0 Å². The largest absolute Gasteiger partial charge is 0.478 e. The summed E-state index contributed by atoms with van der Waals surface area (Å²) in [5.41, 5.74) is 2.18. The fraction of sp³-hybridized carbons (Fsp3) is 0.417. The first-order valence-electron chi connectivity index (χ1n) is 5.31.